The summed E-state index contributed by atoms with van der Waals surface area (Å²) in [6.45, 7) is 3.52. The van der Waals surface area contributed by atoms with E-state index < -0.39 is 23.6 Å². The molecule has 162 valence electrons. The normalized spacial score (nSPS) is 12.3. The summed E-state index contributed by atoms with van der Waals surface area (Å²) in [6.07, 6.45) is 0.865. The molecule has 0 heterocycles. The van der Waals surface area contributed by atoms with Crippen LogP contribution < -0.4 is 5.32 Å². The summed E-state index contributed by atoms with van der Waals surface area (Å²) in [5, 5.41) is 32.1. The van der Waals surface area contributed by atoms with Crippen LogP contribution in [0.3, 0.4) is 0 Å². The number of carboxylic acid groups (broad SMARTS) is 1. The zero-order chi connectivity index (χ0) is 23.3. The van der Waals surface area contributed by atoms with Gasteiger partial charge in [-0.25, -0.2) is 9.59 Å². The molecule has 32 heavy (non-hydrogen) atoms. The Bertz CT molecular complexity index is 1220. The van der Waals surface area contributed by atoms with Gasteiger partial charge in [0.1, 0.15) is 11.9 Å². The van der Waals surface area contributed by atoms with Crippen molar-refractivity contribution < 1.29 is 24.5 Å². The van der Waals surface area contributed by atoms with E-state index in [2.05, 4.69) is 5.32 Å². The number of carbonyl (C=O) groups excluding carboxylic acids is 1. The van der Waals surface area contributed by atoms with E-state index in [1.54, 1.807) is 68.4 Å². The lowest BCUT2D eigenvalue weighted by molar-refractivity contribution is -0.131. The maximum absolute atomic E-state index is 12.8. The molecular weight excluding hydrogens is 408 g/mol. The minimum absolute atomic E-state index is 0.0871. The van der Waals surface area contributed by atoms with Gasteiger partial charge in [0, 0.05) is 28.1 Å². The maximum atomic E-state index is 12.8. The first-order valence-electron chi connectivity index (χ1n) is 9.82. The number of carbonyl (C=O) groups is 2. The Morgan fingerprint density at radius 3 is 2.34 bits per heavy atom. The molecule has 0 radical (unpaired) electrons. The monoisotopic (exact) mass is 430 g/mol. The zero-order valence-electron chi connectivity index (χ0n) is 17.6. The van der Waals surface area contributed by atoms with Crippen LogP contribution in [0, 0.1) is 16.7 Å². The molecule has 3 N–H and O–H groups in total. The van der Waals surface area contributed by atoms with E-state index in [1.165, 1.54) is 12.1 Å². The third-order valence-corrected chi connectivity index (χ3v) is 5.03. The number of aromatic hydroxyl groups is 1. The molecule has 0 unspecified atom stereocenters. The second kappa shape index (κ2) is 9.23. The predicted octanol–water partition coefficient (Wildman–Crippen LogP) is 5.37. The van der Waals surface area contributed by atoms with Crippen molar-refractivity contribution >= 4 is 28.5 Å². The molecule has 3 aromatic carbocycles. The number of hydrogen-bond acceptors (Lipinski definition) is 5. The molecule has 7 heteroatoms. The van der Waals surface area contributed by atoms with E-state index in [0.717, 1.165) is 6.08 Å². The largest absolute Gasteiger partial charge is 0.507 e. The number of ether oxygens (including phenoxy) is 1. The molecule has 0 fully saturated rings. The molecule has 1 amide bonds. The number of nitriles is 1. The van der Waals surface area contributed by atoms with Gasteiger partial charge in [-0.2, -0.15) is 5.26 Å². The van der Waals surface area contributed by atoms with Gasteiger partial charge in [0.2, 0.25) is 0 Å². The summed E-state index contributed by atoms with van der Waals surface area (Å²) in [7, 11) is 0. The Hall–Kier alpha value is -4.31. The molecule has 3 rings (SSSR count). The third kappa shape index (κ3) is 5.05. The number of aliphatic carboxylic acids is 1. The summed E-state index contributed by atoms with van der Waals surface area (Å²) in [5.41, 5.74) is 0.619. The highest BCUT2D eigenvalue weighted by atomic mass is 16.6. The van der Waals surface area contributed by atoms with Crippen LogP contribution in [0.15, 0.2) is 72.8 Å². The average Bonchev–Trinajstić information content (AvgIpc) is 2.77. The number of phenols is 1. The second-order valence-corrected chi connectivity index (χ2v) is 7.81. The standard InChI is InChI=1S/C25H22N2O5/c1-25(2,14-13-22(29)30)23(20-11-12-21(28)19-6-4-3-5-18(19)20)32-24(31)27-17-9-7-16(15-26)8-10-17/h3-14,23,28H,1-2H3,(H,27,31)(H,29,30)/b14-13+/t23-/m0/s1. The van der Waals surface area contributed by atoms with Gasteiger partial charge >= 0.3 is 12.1 Å². The summed E-state index contributed by atoms with van der Waals surface area (Å²) in [6, 6.07) is 18.6. The van der Waals surface area contributed by atoms with Crippen LogP contribution in [0.5, 0.6) is 5.75 Å². The van der Waals surface area contributed by atoms with Gasteiger partial charge in [0.25, 0.3) is 0 Å². The fraction of sp³-hybridized carbons (Fsp3) is 0.160. The first kappa shape index (κ1) is 22.4. The molecule has 0 bridgehead atoms. The molecule has 0 spiro atoms. The topological polar surface area (TPSA) is 120 Å². The van der Waals surface area contributed by atoms with Crippen molar-refractivity contribution in [3.8, 4) is 11.8 Å². The van der Waals surface area contributed by atoms with Crippen molar-refractivity contribution in [2.24, 2.45) is 5.41 Å². The van der Waals surface area contributed by atoms with E-state index >= 15 is 0 Å². The van der Waals surface area contributed by atoms with Crippen LogP contribution in [-0.2, 0) is 9.53 Å². The number of rotatable bonds is 6. The number of phenolic OH excluding ortho intramolecular Hbond substituents is 1. The molecule has 3 aromatic rings. The summed E-state index contributed by atoms with van der Waals surface area (Å²) in [5.74, 6) is -1.03. The fourth-order valence-electron chi connectivity index (χ4n) is 3.41. The number of benzene rings is 3. The van der Waals surface area contributed by atoms with Crippen molar-refractivity contribution in [1.82, 2.24) is 0 Å². The van der Waals surface area contributed by atoms with Crippen LogP contribution >= 0.6 is 0 Å². The van der Waals surface area contributed by atoms with E-state index in [0.29, 0.717) is 27.6 Å². The van der Waals surface area contributed by atoms with Gasteiger partial charge in [0.15, 0.2) is 0 Å². The van der Waals surface area contributed by atoms with E-state index in [-0.39, 0.29) is 5.75 Å². The Balaban J connectivity index is 2.00. The number of fused-ring (bicyclic) bond motifs is 1. The molecule has 0 saturated carbocycles. The van der Waals surface area contributed by atoms with Crippen LogP contribution in [0.2, 0.25) is 0 Å². The van der Waals surface area contributed by atoms with Crippen molar-refractivity contribution in [2.45, 2.75) is 20.0 Å². The van der Waals surface area contributed by atoms with E-state index in [4.69, 9.17) is 15.1 Å². The van der Waals surface area contributed by atoms with Gasteiger partial charge in [-0.3, -0.25) is 5.32 Å². The molecule has 0 aliphatic heterocycles. The highest BCUT2D eigenvalue weighted by Gasteiger charge is 2.34. The number of amides is 1. The number of anilines is 1. The van der Waals surface area contributed by atoms with Gasteiger partial charge in [0.05, 0.1) is 11.6 Å². The molecular formula is C25H22N2O5. The SMILES string of the molecule is CC(C)(/C=C/C(=O)O)[C@@H](OC(=O)Nc1ccc(C#N)cc1)c1ccc(O)c2ccccc12. The Labute approximate surface area is 185 Å². The molecule has 7 nitrogen and oxygen atoms in total. The summed E-state index contributed by atoms with van der Waals surface area (Å²) >= 11 is 0. The highest BCUT2D eigenvalue weighted by molar-refractivity contribution is 5.92. The lowest BCUT2D eigenvalue weighted by atomic mass is 9.80. The first-order valence-corrected chi connectivity index (χ1v) is 9.82. The van der Waals surface area contributed by atoms with Crippen molar-refractivity contribution in [3.63, 3.8) is 0 Å². The van der Waals surface area contributed by atoms with Gasteiger partial charge in [-0.15, -0.1) is 0 Å². The summed E-state index contributed by atoms with van der Waals surface area (Å²) in [4.78, 5) is 23.9. The number of hydrogen-bond donors (Lipinski definition) is 3. The molecule has 0 aromatic heterocycles. The van der Waals surface area contributed by atoms with Crippen molar-refractivity contribution in [1.29, 1.82) is 5.26 Å². The van der Waals surface area contributed by atoms with Gasteiger partial charge < -0.3 is 14.9 Å². The zero-order valence-corrected chi connectivity index (χ0v) is 17.6. The number of nitrogens with zero attached hydrogens (tertiary/aromatic N) is 1. The van der Waals surface area contributed by atoms with Gasteiger partial charge in [-0.05, 0) is 35.7 Å². The molecule has 0 saturated heterocycles. The number of nitrogens with one attached hydrogen (secondary N) is 1. The second-order valence-electron chi connectivity index (χ2n) is 7.81. The van der Waals surface area contributed by atoms with E-state index in [9.17, 15) is 14.7 Å². The summed E-state index contributed by atoms with van der Waals surface area (Å²) < 4.78 is 5.80. The van der Waals surface area contributed by atoms with Crippen LogP contribution in [0.25, 0.3) is 10.8 Å². The minimum Gasteiger partial charge on any atom is -0.507 e. The fourth-order valence-corrected chi connectivity index (χ4v) is 3.41. The first-order chi connectivity index (χ1) is 15.2. The van der Waals surface area contributed by atoms with Crippen LogP contribution in [-0.4, -0.2) is 22.3 Å². The molecule has 0 aliphatic rings. The molecule has 1 atom stereocenters. The Morgan fingerprint density at radius 2 is 1.72 bits per heavy atom. The number of carboxylic acids is 1. The average molecular weight is 430 g/mol. The van der Waals surface area contributed by atoms with Crippen molar-refractivity contribution in [2.75, 3.05) is 5.32 Å². The van der Waals surface area contributed by atoms with Gasteiger partial charge in [-0.1, -0.05) is 50.3 Å². The van der Waals surface area contributed by atoms with Crippen LogP contribution in [0.1, 0.15) is 31.1 Å². The lowest BCUT2D eigenvalue weighted by Crippen LogP contribution is -2.28. The van der Waals surface area contributed by atoms with Crippen LogP contribution in [0.4, 0.5) is 10.5 Å². The maximum Gasteiger partial charge on any atom is 0.412 e. The molecule has 0 aliphatic carbocycles. The quantitative estimate of drug-likeness (QED) is 0.452. The van der Waals surface area contributed by atoms with Crippen molar-refractivity contribution in [3.05, 3.63) is 83.9 Å². The highest BCUT2D eigenvalue weighted by Crippen LogP contribution is 2.42. The van der Waals surface area contributed by atoms with E-state index in [1.807, 2.05) is 6.07 Å². The minimum atomic E-state index is -1.12. The third-order valence-electron chi connectivity index (χ3n) is 5.03. The smallest absolute Gasteiger partial charge is 0.412 e. The predicted molar refractivity (Wildman–Crippen MR) is 120 cm³/mol. The Morgan fingerprint density at radius 1 is 1.06 bits per heavy atom. The Kier molecular flexibility index (Phi) is 6.45. The lowest BCUT2D eigenvalue weighted by Gasteiger charge is -2.32.